The third-order valence-corrected chi connectivity index (χ3v) is 4.14. The van der Waals surface area contributed by atoms with Crippen LogP contribution in [0.4, 0.5) is 75.4 Å². The van der Waals surface area contributed by atoms with Crippen LogP contribution in [0.3, 0.4) is 0 Å². The van der Waals surface area contributed by atoms with Crippen molar-refractivity contribution in [2.45, 2.75) is 47.9 Å². The molecule has 1 aromatic rings. The van der Waals surface area contributed by atoms with Gasteiger partial charge in [-0.3, -0.25) is 10.1 Å². The lowest BCUT2D eigenvalue weighted by Crippen LogP contribution is -2.74. The normalized spacial score (nSPS) is 15.3. The van der Waals surface area contributed by atoms with E-state index in [-0.39, 0.29) is 11.3 Å². The largest absolute Gasteiger partial charge is 0.393 e. The van der Waals surface area contributed by atoms with E-state index in [2.05, 4.69) is 10.2 Å². The van der Waals surface area contributed by atoms with Gasteiger partial charge in [0.25, 0.3) is 0 Å². The molecule has 0 spiro atoms. The molecule has 186 valence electrons. The number of nitrogens with zero attached hydrogens (tertiary/aromatic N) is 2. The third kappa shape index (κ3) is 3.60. The molecule has 0 radical (unpaired) electrons. The van der Waals surface area contributed by atoms with Crippen molar-refractivity contribution in [3.05, 3.63) is 5.51 Å². The van der Waals surface area contributed by atoms with Gasteiger partial charge in [-0.25, -0.2) is 8.78 Å². The molecule has 1 aromatic heterocycles. The molecule has 0 aliphatic carbocycles. The maximum Gasteiger partial charge on any atom is 0.393 e. The standard InChI is InChI=1S/C11H3F16N3OS/c12-2(13)5(14,15)7(18,19)9(22,23)11(26,27)10(24,25)8(20,21)6(16,17)3(31)29-4-30-28-1-32-4/h1-2H,(H,29,30,31). The van der Waals surface area contributed by atoms with E-state index in [9.17, 15) is 75.0 Å². The molecule has 0 unspecified atom stereocenters. The van der Waals surface area contributed by atoms with Gasteiger partial charge < -0.3 is 0 Å². The number of nitrogens with one attached hydrogen (secondary N) is 1. The lowest BCUT2D eigenvalue weighted by atomic mass is 9.89. The summed E-state index contributed by atoms with van der Waals surface area (Å²) >= 11 is 0.0625. The summed E-state index contributed by atoms with van der Waals surface area (Å²) in [5.41, 5.74) is 0.625. The maximum atomic E-state index is 13.5. The first-order valence-corrected chi connectivity index (χ1v) is 7.83. The fourth-order valence-electron chi connectivity index (χ4n) is 1.68. The van der Waals surface area contributed by atoms with Gasteiger partial charge in [0.15, 0.2) is 0 Å². The highest BCUT2D eigenvalue weighted by Gasteiger charge is 2.94. The molecule has 1 rings (SSSR count). The summed E-state index contributed by atoms with van der Waals surface area (Å²) in [7, 11) is 0. The Morgan fingerprint density at radius 1 is 0.750 bits per heavy atom. The Hall–Kier alpha value is -2.09. The first-order valence-electron chi connectivity index (χ1n) is 6.95. The smallest absolute Gasteiger partial charge is 0.295 e. The van der Waals surface area contributed by atoms with Crippen molar-refractivity contribution >= 4 is 22.4 Å². The molecular formula is C11H3F16N3OS. The number of rotatable bonds is 9. The zero-order valence-electron chi connectivity index (χ0n) is 13.9. The Kier molecular flexibility index (Phi) is 6.77. The number of hydrogen-bond donors (Lipinski definition) is 1. The summed E-state index contributed by atoms with van der Waals surface area (Å²) in [4.78, 5) is 11.1. The minimum absolute atomic E-state index is 0.0625. The number of aromatic nitrogens is 2. The second kappa shape index (κ2) is 7.75. The summed E-state index contributed by atoms with van der Waals surface area (Å²) in [6.07, 6.45) is -5.92. The van der Waals surface area contributed by atoms with Crippen LogP contribution in [0.2, 0.25) is 0 Å². The SMILES string of the molecule is O=C(Nc1nncs1)C(F)(F)C(F)(F)C(F)(F)C(F)(F)C(F)(F)C(F)(F)C(F)(F)C(F)F. The molecule has 0 atom stereocenters. The van der Waals surface area contributed by atoms with Gasteiger partial charge in [0.05, 0.1) is 0 Å². The first-order chi connectivity index (χ1) is 13.9. The molecule has 0 aromatic carbocycles. The average molecular weight is 529 g/mol. The molecule has 1 amide bonds. The van der Waals surface area contributed by atoms with Gasteiger partial charge in [-0.2, -0.15) is 61.5 Å². The molecule has 0 aliphatic heterocycles. The van der Waals surface area contributed by atoms with Crippen LogP contribution in [-0.2, 0) is 4.79 Å². The van der Waals surface area contributed by atoms with Crippen LogP contribution in [0.25, 0.3) is 0 Å². The number of amides is 1. The van der Waals surface area contributed by atoms with Crippen molar-refractivity contribution in [1.82, 2.24) is 10.2 Å². The number of hydrogen-bond acceptors (Lipinski definition) is 4. The zero-order chi connectivity index (χ0) is 25.8. The Balaban J connectivity index is 3.53. The van der Waals surface area contributed by atoms with Crippen molar-refractivity contribution in [2.24, 2.45) is 0 Å². The number of halogens is 16. The summed E-state index contributed by atoms with van der Waals surface area (Å²) < 4.78 is 210. The van der Waals surface area contributed by atoms with Crippen LogP contribution in [0.15, 0.2) is 5.51 Å². The monoisotopic (exact) mass is 529 g/mol. The van der Waals surface area contributed by atoms with Crippen LogP contribution in [0.5, 0.6) is 0 Å². The zero-order valence-corrected chi connectivity index (χ0v) is 14.7. The van der Waals surface area contributed by atoms with Crippen molar-refractivity contribution in [2.75, 3.05) is 5.32 Å². The lowest BCUT2D eigenvalue weighted by molar-refractivity contribution is -0.443. The van der Waals surface area contributed by atoms with Crippen molar-refractivity contribution < 1.29 is 75.0 Å². The quantitative estimate of drug-likeness (QED) is 0.449. The van der Waals surface area contributed by atoms with E-state index >= 15 is 0 Å². The predicted molar refractivity (Wildman–Crippen MR) is 69.2 cm³/mol. The van der Waals surface area contributed by atoms with Crippen LogP contribution >= 0.6 is 11.3 Å². The summed E-state index contributed by atoms with van der Waals surface area (Å²) in [6.45, 7) is 0. The molecule has 0 saturated heterocycles. The van der Waals surface area contributed by atoms with Crippen LogP contribution < -0.4 is 5.32 Å². The molecule has 0 bridgehead atoms. The molecule has 21 heteroatoms. The van der Waals surface area contributed by atoms with Crippen LogP contribution in [0.1, 0.15) is 0 Å². The van der Waals surface area contributed by atoms with Gasteiger partial charge in [-0.05, 0) is 0 Å². The minimum Gasteiger partial charge on any atom is -0.295 e. The summed E-state index contributed by atoms with van der Waals surface area (Å²) in [5.74, 6) is -59.9. The maximum absolute atomic E-state index is 13.5. The number of anilines is 1. The second-order valence-corrected chi connectivity index (χ2v) is 6.40. The highest BCUT2D eigenvalue weighted by molar-refractivity contribution is 7.13. The van der Waals surface area contributed by atoms with E-state index in [4.69, 9.17) is 0 Å². The number of carbonyl (C=O) groups is 1. The van der Waals surface area contributed by atoms with Gasteiger partial charge in [-0.1, -0.05) is 11.3 Å². The van der Waals surface area contributed by atoms with Crippen molar-refractivity contribution in [3.8, 4) is 0 Å². The van der Waals surface area contributed by atoms with E-state index in [1.54, 1.807) is 0 Å². The molecule has 1 heterocycles. The molecule has 32 heavy (non-hydrogen) atoms. The highest BCUT2D eigenvalue weighted by Crippen LogP contribution is 2.62. The van der Waals surface area contributed by atoms with Crippen molar-refractivity contribution in [1.29, 1.82) is 0 Å². The Bertz CT molecular complexity index is 823. The van der Waals surface area contributed by atoms with Gasteiger partial charge in [0.1, 0.15) is 5.51 Å². The molecule has 4 nitrogen and oxygen atoms in total. The summed E-state index contributed by atoms with van der Waals surface area (Å²) in [5, 5.41) is 5.07. The van der Waals surface area contributed by atoms with E-state index in [0.29, 0.717) is 10.8 Å². The predicted octanol–water partition coefficient (Wildman–Crippen LogP) is 5.19. The Labute approximate surface area is 167 Å². The number of alkyl halides is 16. The lowest BCUT2D eigenvalue weighted by Gasteiger charge is -2.42. The van der Waals surface area contributed by atoms with Crippen molar-refractivity contribution in [3.63, 3.8) is 0 Å². The van der Waals surface area contributed by atoms with E-state index < -0.39 is 58.9 Å². The minimum atomic E-state index is -8.56. The van der Waals surface area contributed by atoms with E-state index in [0.717, 1.165) is 0 Å². The molecule has 0 saturated carbocycles. The fourth-order valence-corrected chi connectivity index (χ4v) is 2.12. The number of carbonyl (C=O) groups excluding carboxylic acids is 1. The fraction of sp³-hybridized carbons (Fsp3) is 0.727. The third-order valence-electron chi connectivity index (χ3n) is 3.53. The Morgan fingerprint density at radius 3 is 1.53 bits per heavy atom. The molecule has 0 fully saturated rings. The average Bonchev–Trinajstić information content (AvgIpc) is 3.13. The topological polar surface area (TPSA) is 54.9 Å². The van der Waals surface area contributed by atoms with Gasteiger partial charge in [-0.15, -0.1) is 10.2 Å². The second-order valence-electron chi connectivity index (χ2n) is 5.57. The highest BCUT2D eigenvalue weighted by atomic mass is 32.1. The van der Waals surface area contributed by atoms with Crippen LogP contribution in [-0.4, -0.2) is 64.0 Å². The first kappa shape index (κ1) is 27.9. The van der Waals surface area contributed by atoms with E-state index in [1.807, 2.05) is 0 Å². The van der Waals surface area contributed by atoms with E-state index in [1.165, 1.54) is 0 Å². The Morgan fingerprint density at radius 2 is 1.16 bits per heavy atom. The molecule has 1 N–H and O–H groups in total. The van der Waals surface area contributed by atoms with Crippen LogP contribution in [0, 0.1) is 0 Å². The van der Waals surface area contributed by atoms with Gasteiger partial charge in [0.2, 0.25) is 5.13 Å². The van der Waals surface area contributed by atoms with Gasteiger partial charge >= 0.3 is 53.8 Å². The summed E-state index contributed by atoms with van der Waals surface area (Å²) in [6, 6.07) is 0. The molecule has 0 aliphatic rings. The molecular weight excluding hydrogens is 526 g/mol. The van der Waals surface area contributed by atoms with Gasteiger partial charge in [0, 0.05) is 0 Å².